The summed E-state index contributed by atoms with van der Waals surface area (Å²) in [5.74, 6) is 0.999. The van der Waals surface area contributed by atoms with E-state index >= 15 is 0 Å². The van der Waals surface area contributed by atoms with E-state index in [0.717, 1.165) is 0 Å². The third kappa shape index (κ3) is 4.91. The summed E-state index contributed by atoms with van der Waals surface area (Å²) in [5.41, 5.74) is 0.551. The van der Waals surface area contributed by atoms with Crippen LogP contribution in [0, 0.1) is 0 Å². The standard InChI is InChI=1S/C8H8O2.C5H8O2.Sn/c1-6(9)7-4-2-3-5-8(7)10;1-4(6)3-5(2)7;/h2-5,10H,1H3;3,6H,1-2H3;/q;;+2/p-2/b;4-3+;. The van der Waals surface area contributed by atoms with Gasteiger partial charge in [0.25, 0.3) is 0 Å². The molecule has 2 radical (unpaired) electrons. The number of rotatable bonds is 6. The van der Waals surface area contributed by atoms with Gasteiger partial charge in [-0.1, -0.05) is 0 Å². The van der Waals surface area contributed by atoms with E-state index in [9.17, 15) is 9.59 Å². The Bertz CT molecular complexity index is 480. The van der Waals surface area contributed by atoms with E-state index in [4.69, 9.17) is 6.15 Å². The molecule has 18 heavy (non-hydrogen) atoms. The summed E-state index contributed by atoms with van der Waals surface area (Å²) >= 11 is -1.59. The van der Waals surface area contributed by atoms with Gasteiger partial charge in [0.05, 0.1) is 0 Å². The molecule has 0 atom stereocenters. The van der Waals surface area contributed by atoms with Crippen molar-refractivity contribution >= 4 is 33.5 Å². The third-order valence-corrected chi connectivity index (χ3v) is 4.05. The molecule has 94 valence electrons. The molecule has 0 bridgehead atoms. The number of hydrogen-bond acceptors (Lipinski definition) is 4. The Kier molecular flexibility index (Phi) is 5.91. The predicted octanol–water partition coefficient (Wildman–Crippen LogP) is 2.31. The molecule has 0 aliphatic rings. The quantitative estimate of drug-likeness (QED) is 0.341. The Morgan fingerprint density at radius 2 is 1.83 bits per heavy atom. The molecular formula is C13H14O4Sn. The fourth-order valence-electron chi connectivity index (χ4n) is 1.29. The molecule has 4 nitrogen and oxygen atoms in total. The van der Waals surface area contributed by atoms with E-state index in [-0.39, 0.29) is 11.6 Å². The molecule has 0 aromatic heterocycles. The van der Waals surface area contributed by atoms with Crippen molar-refractivity contribution in [3.63, 3.8) is 0 Å². The van der Waals surface area contributed by atoms with Crippen molar-refractivity contribution in [2.75, 3.05) is 0 Å². The Hall–Kier alpha value is -1.30. The van der Waals surface area contributed by atoms with Crippen LogP contribution < -0.4 is 3.07 Å². The van der Waals surface area contributed by atoms with E-state index in [1.165, 1.54) is 19.9 Å². The molecule has 5 heteroatoms. The molecule has 0 aliphatic carbocycles. The Morgan fingerprint density at radius 3 is 2.44 bits per heavy atom. The number of carbonyl (C=O) groups excluding carboxylic acids is 2. The average Bonchev–Trinajstić information content (AvgIpc) is 2.28. The maximum atomic E-state index is 11.4. The number of benzene rings is 1. The Morgan fingerprint density at radius 1 is 1.17 bits per heavy atom. The zero-order valence-electron chi connectivity index (χ0n) is 10.5. The normalized spacial score (nSPS) is 10.9. The van der Waals surface area contributed by atoms with Crippen molar-refractivity contribution in [1.82, 2.24) is 0 Å². The number of carbonyl (C=O) groups is 2. The zero-order valence-corrected chi connectivity index (χ0v) is 13.4. The molecule has 0 aliphatic heterocycles. The Labute approximate surface area is 117 Å². The molecule has 0 saturated heterocycles. The molecule has 0 fully saturated rings. The SMILES string of the molecule is CC(=O)/C=C(\C)[O][Sn][O]c1ccccc1C(C)=O. The van der Waals surface area contributed by atoms with Crippen LogP contribution in [0.25, 0.3) is 0 Å². The first-order chi connectivity index (χ1) is 8.50. The van der Waals surface area contributed by atoms with E-state index in [0.29, 0.717) is 17.1 Å². The molecule has 0 N–H and O–H groups in total. The Balaban J connectivity index is 2.59. The van der Waals surface area contributed by atoms with Crippen LogP contribution in [0.5, 0.6) is 5.75 Å². The van der Waals surface area contributed by atoms with Crippen LogP contribution in [0.15, 0.2) is 36.1 Å². The average molecular weight is 353 g/mol. The van der Waals surface area contributed by atoms with Crippen molar-refractivity contribution in [2.24, 2.45) is 0 Å². The van der Waals surface area contributed by atoms with E-state index < -0.39 is 22.0 Å². The van der Waals surface area contributed by atoms with Crippen LogP contribution in [-0.4, -0.2) is 33.5 Å². The van der Waals surface area contributed by atoms with E-state index in [1.54, 1.807) is 31.2 Å². The van der Waals surface area contributed by atoms with Crippen molar-refractivity contribution in [3.05, 3.63) is 41.7 Å². The molecule has 0 saturated carbocycles. The van der Waals surface area contributed by atoms with Crippen molar-refractivity contribution < 1.29 is 15.7 Å². The summed E-state index contributed by atoms with van der Waals surface area (Å²) in [5, 5.41) is 0. The van der Waals surface area contributed by atoms with Crippen molar-refractivity contribution in [2.45, 2.75) is 20.8 Å². The van der Waals surface area contributed by atoms with Gasteiger partial charge in [-0.15, -0.1) is 0 Å². The fourth-order valence-corrected chi connectivity index (χ4v) is 2.72. The van der Waals surface area contributed by atoms with Crippen LogP contribution in [-0.2, 0) is 7.87 Å². The van der Waals surface area contributed by atoms with Crippen molar-refractivity contribution in [1.29, 1.82) is 0 Å². The van der Waals surface area contributed by atoms with Gasteiger partial charge in [-0.2, -0.15) is 0 Å². The first kappa shape index (κ1) is 14.8. The number of para-hydroxylation sites is 1. The summed E-state index contributed by atoms with van der Waals surface area (Å²) in [6.45, 7) is 4.67. The number of allylic oxidation sites excluding steroid dienone is 2. The van der Waals surface area contributed by atoms with Crippen LogP contribution in [0.1, 0.15) is 31.1 Å². The third-order valence-electron chi connectivity index (χ3n) is 2.03. The molecule has 0 heterocycles. The topological polar surface area (TPSA) is 52.6 Å². The van der Waals surface area contributed by atoms with Crippen LogP contribution in [0.4, 0.5) is 0 Å². The van der Waals surface area contributed by atoms with Gasteiger partial charge in [0.2, 0.25) is 0 Å². The van der Waals surface area contributed by atoms with Gasteiger partial charge in [0, 0.05) is 0 Å². The summed E-state index contributed by atoms with van der Waals surface area (Å²) in [6, 6.07) is 7.05. The zero-order chi connectivity index (χ0) is 13.5. The van der Waals surface area contributed by atoms with E-state index in [1.807, 2.05) is 0 Å². The first-order valence-electron chi connectivity index (χ1n) is 5.38. The molecule has 0 spiro atoms. The minimum atomic E-state index is -1.59. The summed E-state index contributed by atoms with van der Waals surface area (Å²) < 4.78 is 10.9. The second-order valence-corrected chi connectivity index (χ2v) is 5.35. The van der Waals surface area contributed by atoms with Gasteiger partial charge in [0.1, 0.15) is 0 Å². The predicted molar refractivity (Wildman–Crippen MR) is 68.4 cm³/mol. The van der Waals surface area contributed by atoms with Gasteiger partial charge in [0.15, 0.2) is 0 Å². The monoisotopic (exact) mass is 354 g/mol. The van der Waals surface area contributed by atoms with E-state index in [2.05, 4.69) is 0 Å². The molecule has 1 rings (SSSR count). The second kappa shape index (κ2) is 7.20. The molecule has 0 amide bonds. The maximum absolute atomic E-state index is 11.4. The minimum absolute atomic E-state index is 0.0408. The summed E-state index contributed by atoms with van der Waals surface area (Å²) in [7, 11) is 0. The second-order valence-electron chi connectivity index (χ2n) is 3.71. The van der Waals surface area contributed by atoms with Gasteiger partial charge < -0.3 is 0 Å². The molecular weight excluding hydrogens is 339 g/mol. The van der Waals surface area contributed by atoms with Gasteiger partial charge in [-0.3, -0.25) is 0 Å². The van der Waals surface area contributed by atoms with Gasteiger partial charge in [-0.05, 0) is 0 Å². The van der Waals surface area contributed by atoms with Gasteiger partial charge in [-0.25, -0.2) is 0 Å². The van der Waals surface area contributed by atoms with Gasteiger partial charge >= 0.3 is 117 Å². The number of hydrogen-bond donors (Lipinski definition) is 0. The fraction of sp³-hybridized carbons (Fsp3) is 0.231. The number of ketones is 2. The molecule has 0 unspecified atom stereocenters. The van der Waals surface area contributed by atoms with Crippen LogP contribution in [0.3, 0.4) is 0 Å². The van der Waals surface area contributed by atoms with Crippen molar-refractivity contribution in [3.8, 4) is 5.75 Å². The number of Topliss-reactive ketones (excluding diaryl/α,β-unsaturated/α-hetero) is 1. The van der Waals surface area contributed by atoms with Crippen LogP contribution in [0.2, 0.25) is 0 Å². The molecule has 1 aromatic carbocycles. The molecule has 1 aromatic rings. The summed E-state index contributed by atoms with van der Waals surface area (Å²) in [6.07, 6.45) is 1.42. The van der Waals surface area contributed by atoms with Crippen LogP contribution >= 0.6 is 0 Å². The first-order valence-corrected chi connectivity index (χ1v) is 7.71. The summed E-state index contributed by atoms with van der Waals surface area (Å²) in [4.78, 5) is 22.2.